The van der Waals surface area contributed by atoms with E-state index in [2.05, 4.69) is 46.8 Å². The molecule has 0 amide bonds. The van der Waals surface area contributed by atoms with Gasteiger partial charge in [0.15, 0.2) is 5.96 Å². The van der Waals surface area contributed by atoms with Crippen LogP contribution in [0.5, 0.6) is 0 Å². The topological polar surface area (TPSA) is 54.9 Å². The van der Waals surface area contributed by atoms with Crippen LogP contribution >= 0.6 is 24.0 Å². The van der Waals surface area contributed by atoms with Crippen molar-refractivity contribution < 1.29 is 9.47 Å². The number of nitrogens with zero attached hydrogens (tertiary/aromatic N) is 1. The Labute approximate surface area is 181 Å². The Morgan fingerprint density at radius 2 is 1.93 bits per heavy atom. The van der Waals surface area contributed by atoms with E-state index < -0.39 is 0 Å². The van der Waals surface area contributed by atoms with Crippen LogP contribution in [0.3, 0.4) is 0 Å². The zero-order valence-corrected chi connectivity index (χ0v) is 19.4. The van der Waals surface area contributed by atoms with Gasteiger partial charge in [0, 0.05) is 39.3 Å². The molecule has 0 saturated heterocycles. The molecule has 0 aliphatic heterocycles. The molecule has 6 heteroatoms. The van der Waals surface area contributed by atoms with Crippen LogP contribution in [0.2, 0.25) is 0 Å². The average molecular weight is 489 g/mol. The smallest absolute Gasteiger partial charge is 0.191 e. The lowest BCUT2D eigenvalue weighted by molar-refractivity contribution is 0.0698. The van der Waals surface area contributed by atoms with Gasteiger partial charge in [-0.15, -0.1) is 24.0 Å². The lowest BCUT2D eigenvalue weighted by Gasteiger charge is -2.31. The minimum Gasteiger partial charge on any atom is -0.382 e. The minimum atomic E-state index is 0. The average Bonchev–Trinajstić information content (AvgIpc) is 3.13. The van der Waals surface area contributed by atoms with Gasteiger partial charge in [0.1, 0.15) is 0 Å². The van der Waals surface area contributed by atoms with Crippen LogP contribution < -0.4 is 10.6 Å². The molecule has 0 bridgehead atoms. The van der Waals surface area contributed by atoms with E-state index in [-0.39, 0.29) is 29.4 Å². The van der Waals surface area contributed by atoms with Crippen molar-refractivity contribution in [3.05, 3.63) is 35.4 Å². The molecule has 1 saturated carbocycles. The molecule has 0 aromatic heterocycles. The van der Waals surface area contributed by atoms with Gasteiger partial charge < -0.3 is 20.1 Å². The number of rotatable bonds is 10. The second-order valence-electron chi connectivity index (χ2n) is 7.17. The molecule has 0 atom stereocenters. The maximum absolute atomic E-state index is 5.49. The lowest BCUT2D eigenvalue weighted by Crippen LogP contribution is -2.45. The van der Waals surface area contributed by atoms with E-state index in [1.165, 1.54) is 36.8 Å². The van der Waals surface area contributed by atoms with Gasteiger partial charge in [-0.25, -0.2) is 0 Å². The van der Waals surface area contributed by atoms with Crippen LogP contribution in [0.25, 0.3) is 0 Å². The summed E-state index contributed by atoms with van der Waals surface area (Å²) in [5, 5.41) is 6.95. The van der Waals surface area contributed by atoms with Crippen molar-refractivity contribution in [2.75, 3.05) is 47.1 Å². The molecule has 2 rings (SSSR count). The Morgan fingerprint density at radius 3 is 2.59 bits per heavy atom. The third-order valence-electron chi connectivity index (χ3n) is 5.20. The van der Waals surface area contributed by atoms with Gasteiger partial charge in [-0.1, -0.05) is 42.7 Å². The molecule has 0 spiro atoms. The number of methoxy groups -OCH3 is 1. The molecule has 1 aromatic rings. The third kappa shape index (κ3) is 7.95. The highest BCUT2D eigenvalue weighted by Gasteiger charge is 2.35. The zero-order valence-electron chi connectivity index (χ0n) is 17.1. The van der Waals surface area contributed by atoms with E-state index >= 15 is 0 Å². The highest BCUT2D eigenvalue weighted by Crippen LogP contribution is 2.40. The third-order valence-corrected chi connectivity index (χ3v) is 5.20. The van der Waals surface area contributed by atoms with Gasteiger partial charge in [0.2, 0.25) is 0 Å². The molecule has 1 aromatic carbocycles. The van der Waals surface area contributed by atoms with Crippen molar-refractivity contribution in [3.8, 4) is 0 Å². The maximum atomic E-state index is 5.49. The van der Waals surface area contributed by atoms with Gasteiger partial charge >= 0.3 is 0 Å². The molecule has 1 fully saturated rings. The first-order valence-corrected chi connectivity index (χ1v) is 9.78. The molecule has 0 radical (unpaired) electrons. The van der Waals surface area contributed by atoms with Gasteiger partial charge in [0.05, 0.1) is 13.2 Å². The van der Waals surface area contributed by atoms with E-state index in [4.69, 9.17) is 9.47 Å². The number of halogens is 1. The molecule has 154 valence electrons. The second kappa shape index (κ2) is 13.3. The van der Waals surface area contributed by atoms with E-state index in [0.29, 0.717) is 13.2 Å². The van der Waals surface area contributed by atoms with Gasteiger partial charge in [-0.3, -0.25) is 4.99 Å². The molecule has 1 aliphatic rings. The van der Waals surface area contributed by atoms with E-state index in [1.807, 2.05) is 7.05 Å². The number of aryl methyl sites for hydroxylation is 1. The van der Waals surface area contributed by atoms with E-state index in [1.54, 1.807) is 7.11 Å². The number of hydrogen-bond donors (Lipinski definition) is 2. The maximum Gasteiger partial charge on any atom is 0.191 e. The number of ether oxygens (including phenoxy) is 2. The molecule has 5 nitrogen and oxygen atoms in total. The summed E-state index contributed by atoms with van der Waals surface area (Å²) in [7, 11) is 3.52. The summed E-state index contributed by atoms with van der Waals surface area (Å²) in [6, 6.07) is 8.99. The first kappa shape index (κ1) is 24.2. The number of benzene rings is 1. The van der Waals surface area contributed by atoms with Gasteiger partial charge in [-0.2, -0.15) is 0 Å². The standard InChI is InChI=1S/C21H35N3O2.HI/c1-18-8-6-9-19(16-18)21(10-4-5-11-21)17-24-20(22-2)23-12-7-13-26-15-14-25-3;/h6,8-9,16H,4-5,7,10-15,17H2,1-3H3,(H2,22,23,24);1H. The number of guanidine groups is 1. The predicted octanol–water partition coefficient (Wildman–Crippen LogP) is 3.64. The fraction of sp³-hybridized carbons (Fsp3) is 0.667. The summed E-state index contributed by atoms with van der Waals surface area (Å²) in [6.07, 6.45) is 6.05. The largest absolute Gasteiger partial charge is 0.382 e. The van der Waals surface area contributed by atoms with Crippen LogP contribution in [0.15, 0.2) is 29.3 Å². The highest BCUT2D eigenvalue weighted by atomic mass is 127. The minimum absolute atomic E-state index is 0. The lowest BCUT2D eigenvalue weighted by atomic mass is 9.78. The van der Waals surface area contributed by atoms with E-state index in [9.17, 15) is 0 Å². The summed E-state index contributed by atoms with van der Waals surface area (Å²) < 4.78 is 10.5. The number of hydrogen-bond acceptors (Lipinski definition) is 3. The Kier molecular flexibility index (Phi) is 11.9. The Morgan fingerprint density at radius 1 is 1.15 bits per heavy atom. The van der Waals surface area contributed by atoms with Crippen LogP contribution in [0.1, 0.15) is 43.2 Å². The summed E-state index contributed by atoms with van der Waals surface area (Å²) in [5.74, 6) is 0.876. The first-order chi connectivity index (χ1) is 12.7. The highest BCUT2D eigenvalue weighted by molar-refractivity contribution is 14.0. The molecule has 1 aliphatic carbocycles. The van der Waals surface area contributed by atoms with Crippen molar-refractivity contribution in [2.24, 2.45) is 4.99 Å². The van der Waals surface area contributed by atoms with Crippen molar-refractivity contribution in [1.82, 2.24) is 10.6 Å². The van der Waals surface area contributed by atoms with Crippen LogP contribution in [0.4, 0.5) is 0 Å². The number of nitrogens with one attached hydrogen (secondary N) is 2. The molecule has 2 N–H and O–H groups in total. The molecule has 0 heterocycles. The molecular weight excluding hydrogens is 453 g/mol. The fourth-order valence-electron chi connectivity index (χ4n) is 3.69. The number of aliphatic imine (C=N–C) groups is 1. The molecular formula is C21H36IN3O2. The second-order valence-corrected chi connectivity index (χ2v) is 7.17. The van der Waals surface area contributed by atoms with Gasteiger partial charge in [-0.05, 0) is 31.7 Å². The normalized spacial score (nSPS) is 16.0. The van der Waals surface area contributed by atoms with Gasteiger partial charge in [0.25, 0.3) is 0 Å². The SMILES string of the molecule is CN=C(NCCCOCCOC)NCC1(c2cccc(C)c2)CCCC1.I. The van der Waals surface area contributed by atoms with Crippen molar-refractivity contribution in [2.45, 2.75) is 44.4 Å². The van der Waals surface area contributed by atoms with Crippen molar-refractivity contribution in [1.29, 1.82) is 0 Å². The summed E-state index contributed by atoms with van der Waals surface area (Å²) in [5.41, 5.74) is 3.03. The van der Waals surface area contributed by atoms with E-state index in [0.717, 1.165) is 32.1 Å². The predicted molar refractivity (Wildman–Crippen MR) is 123 cm³/mol. The Balaban J connectivity index is 0.00000364. The molecule has 27 heavy (non-hydrogen) atoms. The summed E-state index contributed by atoms with van der Waals surface area (Å²) in [6.45, 7) is 6.00. The van der Waals surface area contributed by atoms with Crippen molar-refractivity contribution >= 4 is 29.9 Å². The van der Waals surface area contributed by atoms with Crippen LogP contribution in [-0.4, -0.2) is 53.0 Å². The van der Waals surface area contributed by atoms with Crippen LogP contribution in [-0.2, 0) is 14.9 Å². The first-order valence-electron chi connectivity index (χ1n) is 9.78. The summed E-state index contributed by atoms with van der Waals surface area (Å²) >= 11 is 0. The fourth-order valence-corrected chi connectivity index (χ4v) is 3.69. The molecule has 0 unspecified atom stereocenters. The van der Waals surface area contributed by atoms with Crippen molar-refractivity contribution in [3.63, 3.8) is 0 Å². The quantitative estimate of drug-likeness (QED) is 0.228. The van der Waals surface area contributed by atoms with Crippen LogP contribution in [0, 0.1) is 6.92 Å². The zero-order chi connectivity index (χ0) is 18.7. The monoisotopic (exact) mass is 489 g/mol. The Hall–Kier alpha value is -0.860. The summed E-state index contributed by atoms with van der Waals surface area (Å²) in [4.78, 5) is 4.37. The Bertz CT molecular complexity index is 560.